The number of hydrogen-bond acceptors (Lipinski definition) is 2. The molecule has 0 atom stereocenters. The predicted octanol–water partition coefficient (Wildman–Crippen LogP) is 3.44. The molecule has 2 aromatic carbocycles. The van der Waals surface area contributed by atoms with Crippen LogP contribution in [0.5, 0.6) is 0 Å². The maximum atomic E-state index is 12.8. The van der Waals surface area contributed by atoms with Crippen LogP contribution in [-0.4, -0.2) is 46.9 Å². The molecule has 0 unspecified atom stereocenters. The zero-order valence-corrected chi connectivity index (χ0v) is 15.0. The second-order valence-corrected chi connectivity index (χ2v) is 7.03. The quantitative estimate of drug-likeness (QED) is 0.785. The van der Waals surface area contributed by atoms with Crippen LogP contribution in [0.2, 0.25) is 0 Å². The predicted molar refractivity (Wildman–Crippen MR) is 105 cm³/mol. The Morgan fingerprint density at radius 1 is 0.923 bits per heavy atom. The van der Waals surface area contributed by atoms with E-state index in [9.17, 15) is 4.79 Å². The van der Waals surface area contributed by atoms with Gasteiger partial charge in [-0.1, -0.05) is 48.5 Å². The lowest BCUT2D eigenvalue weighted by molar-refractivity contribution is -0.130. The molecule has 0 saturated carbocycles. The number of amides is 1. The molecule has 0 radical (unpaired) electrons. The summed E-state index contributed by atoms with van der Waals surface area (Å²) >= 11 is 0. The molecule has 1 amide bonds. The first-order chi connectivity index (χ1) is 12.8. The summed E-state index contributed by atoms with van der Waals surface area (Å²) < 4.78 is 0. The van der Waals surface area contributed by atoms with Gasteiger partial charge in [0, 0.05) is 49.8 Å². The van der Waals surface area contributed by atoms with Crippen molar-refractivity contribution in [3.8, 4) is 0 Å². The fourth-order valence-corrected chi connectivity index (χ4v) is 3.77. The summed E-state index contributed by atoms with van der Waals surface area (Å²) in [6, 6.07) is 18.7. The highest BCUT2D eigenvalue weighted by Gasteiger charge is 2.20. The zero-order chi connectivity index (χ0) is 17.8. The van der Waals surface area contributed by atoms with Crippen LogP contribution in [0.1, 0.15) is 17.5 Å². The van der Waals surface area contributed by atoms with E-state index in [0.29, 0.717) is 6.42 Å². The first-order valence-corrected chi connectivity index (χ1v) is 9.38. The Balaban J connectivity index is 1.37. The van der Waals surface area contributed by atoms with Crippen molar-refractivity contribution in [3.05, 3.63) is 71.9 Å². The number of nitrogens with one attached hydrogen (secondary N) is 1. The van der Waals surface area contributed by atoms with Gasteiger partial charge >= 0.3 is 0 Å². The maximum absolute atomic E-state index is 12.8. The molecule has 0 bridgehead atoms. The summed E-state index contributed by atoms with van der Waals surface area (Å²) in [7, 11) is 0. The van der Waals surface area contributed by atoms with E-state index in [-0.39, 0.29) is 5.91 Å². The number of carbonyl (C=O) groups is 1. The first-order valence-electron chi connectivity index (χ1n) is 9.38. The zero-order valence-electron chi connectivity index (χ0n) is 15.0. The number of fused-ring (bicyclic) bond motifs is 1. The molecule has 2 heterocycles. The lowest BCUT2D eigenvalue weighted by Crippen LogP contribution is -2.36. The Morgan fingerprint density at radius 2 is 1.73 bits per heavy atom. The Morgan fingerprint density at radius 3 is 2.62 bits per heavy atom. The van der Waals surface area contributed by atoms with Crippen molar-refractivity contribution < 1.29 is 4.79 Å². The Hall–Kier alpha value is -2.59. The minimum atomic E-state index is 0.233. The number of H-pyrrole nitrogens is 1. The smallest absolute Gasteiger partial charge is 0.227 e. The monoisotopic (exact) mass is 347 g/mol. The van der Waals surface area contributed by atoms with E-state index < -0.39 is 0 Å². The number of rotatable bonds is 4. The number of para-hydroxylation sites is 1. The van der Waals surface area contributed by atoms with Gasteiger partial charge in [-0.15, -0.1) is 0 Å². The number of nitrogens with zero attached hydrogens (tertiary/aromatic N) is 2. The molecule has 134 valence electrons. The number of carbonyl (C=O) groups excluding carboxylic acids is 1. The van der Waals surface area contributed by atoms with Crippen LogP contribution < -0.4 is 0 Å². The summed E-state index contributed by atoms with van der Waals surface area (Å²) in [5, 5.41) is 1.15. The summed E-state index contributed by atoms with van der Waals surface area (Å²) in [6.07, 6.45) is 3.48. The summed E-state index contributed by atoms with van der Waals surface area (Å²) in [4.78, 5) is 20.6. The van der Waals surface area contributed by atoms with Crippen molar-refractivity contribution in [2.45, 2.75) is 19.4 Å². The fraction of sp³-hybridized carbons (Fsp3) is 0.318. The molecular formula is C22H25N3O. The average molecular weight is 347 g/mol. The van der Waals surface area contributed by atoms with Crippen LogP contribution in [0.15, 0.2) is 60.8 Å². The van der Waals surface area contributed by atoms with Crippen LogP contribution in [-0.2, 0) is 17.8 Å². The van der Waals surface area contributed by atoms with Gasteiger partial charge in [0.05, 0.1) is 6.42 Å². The van der Waals surface area contributed by atoms with Crippen molar-refractivity contribution in [2.75, 3.05) is 26.2 Å². The van der Waals surface area contributed by atoms with Gasteiger partial charge < -0.3 is 9.88 Å². The van der Waals surface area contributed by atoms with E-state index in [1.54, 1.807) is 0 Å². The molecule has 4 rings (SSSR count). The SMILES string of the molecule is O=C(Cc1c[nH]c2ccccc12)N1CCCN(Cc2ccccc2)CC1. The van der Waals surface area contributed by atoms with Gasteiger partial charge in [-0.25, -0.2) is 0 Å². The van der Waals surface area contributed by atoms with Crippen molar-refractivity contribution in [3.63, 3.8) is 0 Å². The Kier molecular flexibility index (Phi) is 5.02. The number of aromatic nitrogens is 1. The third-order valence-corrected chi connectivity index (χ3v) is 5.21. The molecular weight excluding hydrogens is 322 g/mol. The maximum Gasteiger partial charge on any atom is 0.227 e. The second-order valence-electron chi connectivity index (χ2n) is 7.03. The van der Waals surface area contributed by atoms with E-state index in [1.165, 1.54) is 5.56 Å². The van der Waals surface area contributed by atoms with Crippen LogP contribution in [0.25, 0.3) is 10.9 Å². The third kappa shape index (κ3) is 3.81. The van der Waals surface area contributed by atoms with E-state index >= 15 is 0 Å². The third-order valence-electron chi connectivity index (χ3n) is 5.21. The lowest BCUT2D eigenvalue weighted by atomic mass is 10.1. The van der Waals surface area contributed by atoms with Gasteiger partial charge in [0.1, 0.15) is 0 Å². The molecule has 0 aliphatic carbocycles. The molecule has 0 spiro atoms. The molecule has 1 saturated heterocycles. The second kappa shape index (κ2) is 7.75. The summed E-state index contributed by atoms with van der Waals surface area (Å²) in [5.74, 6) is 0.233. The topological polar surface area (TPSA) is 39.3 Å². The molecule has 4 nitrogen and oxygen atoms in total. The van der Waals surface area contributed by atoms with Crippen LogP contribution in [0.4, 0.5) is 0 Å². The normalized spacial score (nSPS) is 15.9. The highest BCUT2D eigenvalue weighted by Crippen LogP contribution is 2.19. The van der Waals surface area contributed by atoms with Gasteiger partial charge in [0.15, 0.2) is 0 Å². The Bertz CT molecular complexity index is 871. The van der Waals surface area contributed by atoms with Crippen LogP contribution in [0, 0.1) is 0 Å². The van der Waals surface area contributed by atoms with Crippen molar-refractivity contribution >= 4 is 16.8 Å². The van der Waals surface area contributed by atoms with E-state index in [2.05, 4.69) is 52.3 Å². The standard InChI is InChI=1S/C22H25N3O/c26-22(15-19-16-23-21-10-5-4-9-20(19)21)25-12-6-11-24(13-14-25)17-18-7-2-1-3-8-18/h1-5,7-10,16,23H,6,11-15,17H2. The van der Waals surface area contributed by atoms with E-state index in [4.69, 9.17) is 0 Å². The van der Waals surface area contributed by atoms with Gasteiger partial charge in [0.2, 0.25) is 5.91 Å². The molecule has 1 aromatic heterocycles. The van der Waals surface area contributed by atoms with Gasteiger partial charge in [0.25, 0.3) is 0 Å². The molecule has 3 aromatic rings. The van der Waals surface area contributed by atoms with Gasteiger partial charge in [-0.2, -0.15) is 0 Å². The van der Waals surface area contributed by atoms with Crippen molar-refractivity contribution in [2.24, 2.45) is 0 Å². The van der Waals surface area contributed by atoms with Crippen molar-refractivity contribution in [1.82, 2.24) is 14.8 Å². The number of hydrogen-bond donors (Lipinski definition) is 1. The Labute approximate surface area is 154 Å². The van der Waals surface area contributed by atoms with Gasteiger partial charge in [-0.05, 0) is 23.6 Å². The largest absolute Gasteiger partial charge is 0.361 e. The molecule has 1 fully saturated rings. The average Bonchev–Trinajstić information content (AvgIpc) is 2.92. The highest BCUT2D eigenvalue weighted by atomic mass is 16.2. The number of aromatic amines is 1. The molecule has 1 aliphatic rings. The van der Waals surface area contributed by atoms with Crippen LogP contribution >= 0.6 is 0 Å². The minimum absolute atomic E-state index is 0.233. The van der Waals surface area contributed by atoms with Crippen LogP contribution in [0.3, 0.4) is 0 Å². The van der Waals surface area contributed by atoms with E-state index in [1.807, 2.05) is 23.2 Å². The molecule has 1 aliphatic heterocycles. The molecule has 1 N–H and O–H groups in total. The summed E-state index contributed by atoms with van der Waals surface area (Å²) in [6.45, 7) is 4.62. The molecule has 4 heteroatoms. The first kappa shape index (κ1) is 16.9. The summed E-state index contributed by atoms with van der Waals surface area (Å²) in [5.41, 5.74) is 3.53. The van der Waals surface area contributed by atoms with Gasteiger partial charge in [-0.3, -0.25) is 9.69 Å². The molecule has 26 heavy (non-hydrogen) atoms. The minimum Gasteiger partial charge on any atom is -0.361 e. The van der Waals surface area contributed by atoms with Crippen molar-refractivity contribution in [1.29, 1.82) is 0 Å². The lowest BCUT2D eigenvalue weighted by Gasteiger charge is -2.22. The van der Waals surface area contributed by atoms with E-state index in [0.717, 1.165) is 55.6 Å². The highest BCUT2D eigenvalue weighted by molar-refractivity contribution is 5.88. The number of benzene rings is 2. The fourth-order valence-electron chi connectivity index (χ4n) is 3.77.